The second-order valence-corrected chi connectivity index (χ2v) is 5.49. The van der Waals surface area contributed by atoms with Crippen molar-refractivity contribution in [2.45, 2.75) is 18.9 Å². The number of fused-ring (bicyclic) bond motifs is 1. The summed E-state index contributed by atoms with van der Waals surface area (Å²) in [6.45, 7) is 1.37. The summed E-state index contributed by atoms with van der Waals surface area (Å²) in [4.78, 5) is 25.3. The van der Waals surface area contributed by atoms with E-state index in [0.29, 0.717) is 19.6 Å². The van der Waals surface area contributed by atoms with E-state index in [1.807, 2.05) is 24.3 Å². The number of nitrogens with zero attached hydrogens (tertiary/aromatic N) is 1. The summed E-state index contributed by atoms with van der Waals surface area (Å²) in [7, 11) is 0. The summed E-state index contributed by atoms with van der Waals surface area (Å²) < 4.78 is 5.25. The third-order valence-corrected chi connectivity index (χ3v) is 4.00. The molecule has 1 saturated heterocycles. The number of urea groups is 1. The van der Waals surface area contributed by atoms with Crippen LogP contribution in [0, 0.1) is 5.92 Å². The lowest BCUT2D eigenvalue weighted by Crippen LogP contribution is -2.50. The van der Waals surface area contributed by atoms with E-state index in [1.54, 1.807) is 0 Å². The Labute approximate surface area is 122 Å². The minimum absolute atomic E-state index is 0.00914. The quantitative estimate of drug-likeness (QED) is 0.859. The first kappa shape index (κ1) is 13.9. The maximum Gasteiger partial charge on any atom is 0.322 e. The molecule has 2 unspecified atom stereocenters. The van der Waals surface area contributed by atoms with Crippen LogP contribution in [0.3, 0.4) is 0 Å². The summed E-state index contributed by atoms with van der Waals surface area (Å²) in [5.41, 5.74) is 1.69. The molecule has 3 rings (SSSR count). The van der Waals surface area contributed by atoms with Gasteiger partial charge in [0.05, 0.1) is 18.6 Å². The predicted molar refractivity (Wildman–Crippen MR) is 76.4 cm³/mol. The predicted octanol–water partition coefficient (Wildman–Crippen LogP) is 1.25. The van der Waals surface area contributed by atoms with Crippen LogP contribution in [0.4, 0.5) is 10.5 Å². The first-order chi connectivity index (χ1) is 10.1. The molecular weight excluding hydrogens is 272 g/mol. The van der Waals surface area contributed by atoms with Crippen molar-refractivity contribution >= 4 is 17.7 Å². The van der Waals surface area contributed by atoms with Crippen molar-refractivity contribution < 1.29 is 19.4 Å². The highest BCUT2D eigenvalue weighted by atomic mass is 16.5. The molecule has 6 nitrogen and oxygen atoms in total. The van der Waals surface area contributed by atoms with Gasteiger partial charge in [0.25, 0.3) is 0 Å². The SMILES string of the molecule is O=C(O)C1Cc2ccccc2N(C(=O)NC2CCOC2)C1. The molecule has 0 spiro atoms. The molecule has 0 aromatic heterocycles. The molecule has 0 bridgehead atoms. The molecule has 21 heavy (non-hydrogen) atoms. The first-order valence-corrected chi connectivity index (χ1v) is 7.11. The van der Waals surface area contributed by atoms with E-state index in [1.165, 1.54) is 4.90 Å². The molecule has 2 amide bonds. The Balaban J connectivity index is 1.81. The van der Waals surface area contributed by atoms with Gasteiger partial charge in [0.15, 0.2) is 0 Å². The lowest BCUT2D eigenvalue weighted by molar-refractivity contribution is -0.141. The van der Waals surface area contributed by atoms with Crippen LogP contribution < -0.4 is 10.2 Å². The number of nitrogens with one attached hydrogen (secondary N) is 1. The van der Waals surface area contributed by atoms with Crippen molar-refractivity contribution in [3.05, 3.63) is 29.8 Å². The Morgan fingerprint density at radius 1 is 1.33 bits per heavy atom. The van der Waals surface area contributed by atoms with Crippen molar-refractivity contribution in [2.75, 3.05) is 24.7 Å². The van der Waals surface area contributed by atoms with Crippen LogP contribution in [0.1, 0.15) is 12.0 Å². The van der Waals surface area contributed by atoms with Gasteiger partial charge in [0.1, 0.15) is 0 Å². The molecule has 2 aliphatic heterocycles. The minimum Gasteiger partial charge on any atom is -0.481 e. The molecule has 1 aromatic rings. The number of ether oxygens (including phenoxy) is 1. The topological polar surface area (TPSA) is 78.9 Å². The average molecular weight is 290 g/mol. The summed E-state index contributed by atoms with van der Waals surface area (Å²) >= 11 is 0. The number of amides is 2. The van der Waals surface area contributed by atoms with Crippen LogP contribution in [-0.2, 0) is 16.0 Å². The lowest BCUT2D eigenvalue weighted by atomic mass is 9.93. The molecule has 2 aliphatic rings. The Morgan fingerprint density at radius 2 is 2.14 bits per heavy atom. The average Bonchev–Trinajstić information content (AvgIpc) is 2.98. The number of para-hydroxylation sites is 1. The van der Waals surface area contributed by atoms with Crippen LogP contribution in [0.5, 0.6) is 0 Å². The van der Waals surface area contributed by atoms with E-state index in [9.17, 15) is 14.7 Å². The Morgan fingerprint density at radius 3 is 2.86 bits per heavy atom. The first-order valence-electron chi connectivity index (χ1n) is 7.11. The number of carboxylic acid groups (broad SMARTS) is 1. The summed E-state index contributed by atoms with van der Waals surface area (Å²) in [5.74, 6) is -1.43. The Hall–Kier alpha value is -2.08. The van der Waals surface area contributed by atoms with Gasteiger partial charge in [-0.25, -0.2) is 4.79 Å². The molecule has 0 radical (unpaired) electrons. The largest absolute Gasteiger partial charge is 0.481 e. The number of carboxylic acids is 1. The second-order valence-electron chi connectivity index (χ2n) is 5.49. The van der Waals surface area contributed by atoms with Crippen molar-refractivity contribution in [1.29, 1.82) is 0 Å². The molecule has 0 saturated carbocycles. The molecule has 1 fully saturated rings. The van der Waals surface area contributed by atoms with Crippen molar-refractivity contribution in [3.8, 4) is 0 Å². The van der Waals surface area contributed by atoms with Gasteiger partial charge in [-0.3, -0.25) is 9.69 Å². The van der Waals surface area contributed by atoms with Crippen LogP contribution in [0.2, 0.25) is 0 Å². The van der Waals surface area contributed by atoms with Crippen molar-refractivity contribution in [3.63, 3.8) is 0 Å². The monoisotopic (exact) mass is 290 g/mol. The molecule has 2 heterocycles. The number of carbonyl (C=O) groups is 2. The smallest absolute Gasteiger partial charge is 0.322 e. The highest BCUT2D eigenvalue weighted by Crippen LogP contribution is 2.29. The van der Waals surface area contributed by atoms with Gasteiger partial charge in [-0.1, -0.05) is 18.2 Å². The van der Waals surface area contributed by atoms with Crippen LogP contribution in [-0.4, -0.2) is 42.9 Å². The van der Waals surface area contributed by atoms with E-state index in [4.69, 9.17) is 4.74 Å². The fourth-order valence-electron chi connectivity index (χ4n) is 2.85. The lowest BCUT2D eigenvalue weighted by Gasteiger charge is -2.33. The van der Waals surface area contributed by atoms with Gasteiger partial charge in [-0.05, 0) is 24.5 Å². The van der Waals surface area contributed by atoms with Crippen LogP contribution in [0.25, 0.3) is 0 Å². The number of hydrogen-bond acceptors (Lipinski definition) is 3. The van der Waals surface area contributed by atoms with Crippen LogP contribution in [0.15, 0.2) is 24.3 Å². The number of hydrogen-bond donors (Lipinski definition) is 2. The zero-order valence-corrected chi connectivity index (χ0v) is 11.6. The summed E-state index contributed by atoms with van der Waals surface area (Å²) in [5, 5.41) is 12.2. The molecule has 0 aliphatic carbocycles. The van der Waals surface area contributed by atoms with E-state index in [0.717, 1.165) is 17.7 Å². The van der Waals surface area contributed by atoms with Gasteiger partial charge in [0, 0.05) is 18.8 Å². The number of rotatable bonds is 2. The second kappa shape index (κ2) is 5.73. The zero-order chi connectivity index (χ0) is 14.8. The van der Waals surface area contributed by atoms with Crippen molar-refractivity contribution in [1.82, 2.24) is 5.32 Å². The number of benzene rings is 1. The standard InChI is InChI=1S/C15H18N2O4/c18-14(19)11-7-10-3-1-2-4-13(10)17(8-11)15(20)16-12-5-6-21-9-12/h1-4,11-12H,5-9H2,(H,16,20)(H,18,19). The molecule has 1 aromatic carbocycles. The molecule has 2 N–H and O–H groups in total. The van der Waals surface area contributed by atoms with E-state index < -0.39 is 11.9 Å². The molecular formula is C15H18N2O4. The highest BCUT2D eigenvalue weighted by molar-refractivity contribution is 5.94. The van der Waals surface area contributed by atoms with Gasteiger partial charge >= 0.3 is 12.0 Å². The van der Waals surface area contributed by atoms with E-state index in [-0.39, 0.29) is 18.6 Å². The van der Waals surface area contributed by atoms with Gasteiger partial charge < -0.3 is 15.2 Å². The van der Waals surface area contributed by atoms with E-state index in [2.05, 4.69) is 5.32 Å². The van der Waals surface area contributed by atoms with Crippen LogP contribution >= 0.6 is 0 Å². The maximum absolute atomic E-state index is 12.5. The number of carbonyl (C=O) groups excluding carboxylic acids is 1. The maximum atomic E-state index is 12.5. The summed E-state index contributed by atoms with van der Waals surface area (Å²) in [6, 6.07) is 7.23. The fraction of sp³-hybridized carbons (Fsp3) is 0.467. The highest BCUT2D eigenvalue weighted by Gasteiger charge is 2.33. The van der Waals surface area contributed by atoms with E-state index >= 15 is 0 Å². The van der Waals surface area contributed by atoms with Gasteiger partial charge in [-0.15, -0.1) is 0 Å². The molecule has 112 valence electrons. The molecule has 2 atom stereocenters. The Bertz CT molecular complexity index is 554. The van der Waals surface area contributed by atoms with Gasteiger partial charge in [0.2, 0.25) is 0 Å². The van der Waals surface area contributed by atoms with Crippen molar-refractivity contribution in [2.24, 2.45) is 5.92 Å². The minimum atomic E-state index is -0.869. The third-order valence-electron chi connectivity index (χ3n) is 4.00. The number of aliphatic carboxylic acids is 1. The van der Waals surface area contributed by atoms with Gasteiger partial charge in [-0.2, -0.15) is 0 Å². The summed E-state index contributed by atoms with van der Waals surface area (Å²) in [6.07, 6.45) is 1.26. The Kier molecular flexibility index (Phi) is 3.79. The number of anilines is 1. The third kappa shape index (κ3) is 2.85. The fourth-order valence-corrected chi connectivity index (χ4v) is 2.85. The molecule has 6 heteroatoms. The zero-order valence-electron chi connectivity index (χ0n) is 11.6. The normalized spacial score (nSPS) is 24.5.